The summed E-state index contributed by atoms with van der Waals surface area (Å²) in [6.45, 7) is 3.36. The van der Waals surface area contributed by atoms with Crippen LogP contribution >= 0.6 is 11.6 Å². The molecule has 0 bridgehead atoms. The van der Waals surface area contributed by atoms with Crippen molar-refractivity contribution in [2.45, 2.75) is 25.4 Å². The minimum atomic E-state index is -0.262. The summed E-state index contributed by atoms with van der Waals surface area (Å²) in [7, 11) is 1.67. The SMILES string of the molecule is COc1ccc([C@@H](CNCc2c(F)cccc2Cl)N2CCCC2)cc1. The van der Waals surface area contributed by atoms with Gasteiger partial charge < -0.3 is 10.1 Å². The van der Waals surface area contributed by atoms with Crippen LogP contribution in [0, 0.1) is 5.82 Å². The van der Waals surface area contributed by atoms with E-state index in [0.717, 1.165) is 25.4 Å². The van der Waals surface area contributed by atoms with Crippen molar-refractivity contribution in [2.24, 2.45) is 0 Å². The van der Waals surface area contributed by atoms with Gasteiger partial charge in [-0.3, -0.25) is 4.90 Å². The Morgan fingerprint density at radius 2 is 1.88 bits per heavy atom. The van der Waals surface area contributed by atoms with Gasteiger partial charge in [-0.05, 0) is 55.8 Å². The van der Waals surface area contributed by atoms with E-state index in [1.807, 2.05) is 12.1 Å². The highest BCUT2D eigenvalue weighted by molar-refractivity contribution is 6.31. The molecule has 0 amide bonds. The summed E-state index contributed by atoms with van der Waals surface area (Å²) < 4.78 is 19.2. The van der Waals surface area contributed by atoms with Gasteiger partial charge in [0.2, 0.25) is 0 Å². The lowest BCUT2D eigenvalue weighted by Gasteiger charge is -2.28. The van der Waals surface area contributed by atoms with Gasteiger partial charge in [0.25, 0.3) is 0 Å². The Morgan fingerprint density at radius 3 is 2.52 bits per heavy atom. The van der Waals surface area contributed by atoms with Crippen LogP contribution in [0.5, 0.6) is 5.75 Å². The first-order chi connectivity index (χ1) is 12.2. The van der Waals surface area contributed by atoms with Crippen molar-refractivity contribution in [3.63, 3.8) is 0 Å². The number of hydrogen-bond acceptors (Lipinski definition) is 3. The molecule has 1 aliphatic rings. The third-order valence-electron chi connectivity index (χ3n) is 4.78. The molecule has 1 atom stereocenters. The zero-order chi connectivity index (χ0) is 17.6. The zero-order valence-corrected chi connectivity index (χ0v) is 15.2. The maximum atomic E-state index is 13.9. The van der Waals surface area contributed by atoms with Crippen LogP contribution in [-0.2, 0) is 6.54 Å². The molecular weight excluding hydrogens is 339 g/mol. The predicted molar refractivity (Wildman–Crippen MR) is 99.7 cm³/mol. The van der Waals surface area contributed by atoms with Crippen molar-refractivity contribution in [2.75, 3.05) is 26.7 Å². The quantitative estimate of drug-likeness (QED) is 0.789. The molecule has 0 radical (unpaired) electrons. The molecule has 1 saturated heterocycles. The van der Waals surface area contributed by atoms with Gasteiger partial charge in [-0.2, -0.15) is 0 Å². The van der Waals surface area contributed by atoms with E-state index in [1.54, 1.807) is 19.2 Å². The van der Waals surface area contributed by atoms with Gasteiger partial charge in [-0.1, -0.05) is 29.8 Å². The topological polar surface area (TPSA) is 24.5 Å². The average molecular weight is 363 g/mol. The maximum Gasteiger partial charge on any atom is 0.129 e. The minimum Gasteiger partial charge on any atom is -0.497 e. The molecule has 0 saturated carbocycles. The van der Waals surface area contributed by atoms with E-state index in [2.05, 4.69) is 22.3 Å². The van der Waals surface area contributed by atoms with Crippen LogP contribution in [0.2, 0.25) is 5.02 Å². The fourth-order valence-electron chi connectivity index (χ4n) is 3.37. The molecule has 2 aromatic rings. The second kappa shape index (κ2) is 8.65. The van der Waals surface area contributed by atoms with E-state index in [9.17, 15) is 4.39 Å². The molecule has 3 nitrogen and oxygen atoms in total. The molecule has 0 unspecified atom stereocenters. The summed E-state index contributed by atoms with van der Waals surface area (Å²) >= 11 is 6.12. The largest absolute Gasteiger partial charge is 0.497 e. The molecule has 0 aliphatic carbocycles. The Morgan fingerprint density at radius 1 is 1.16 bits per heavy atom. The molecule has 2 aromatic carbocycles. The lowest BCUT2D eigenvalue weighted by molar-refractivity contribution is 0.238. The highest BCUT2D eigenvalue weighted by Crippen LogP contribution is 2.26. The summed E-state index contributed by atoms with van der Waals surface area (Å²) in [6.07, 6.45) is 2.46. The van der Waals surface area contributed by atoms with Crippen LogP contribution in [-0.4, -0.2) is 31.6 Å². The number of nitrogens with one attached hydrogen (secondary N) is 1. The fourth-order valence-corrected chi connectivity index (χ4v) is 3.60. The monoisotopic (exact) mass is 362 g/mol. The first kappa shape index (κ1) is 18.2. The maximum absolute atomic E-state index is 13.9. The van der Waals surface area contributed by atoms with Crippen LogP contribution in [0.3, 0.4) is 0 Å². The summed E-state index contributed by atoms with van der Waals surface area (Å²) in [6, 6.07) is 13.3. The van der Waals surface area contributed by atoms with E-state index < -0.39 is 0 Å². The molecule has 25 heavy (non-hydrogen) atoms. The number of methoxy groups -OCH3 is 1. The fraction of sp³-hybridized carbons (Fsp3) is 0.400. The summed E-state index contributed by atoms with van der Waals surface area (Å²) in [5, 5.41) is 3.86. The summed E-state index contributed by atoms with van der Waals surface area (Å²) in [5.41, 5.74) is 1.77. The Balaban J connectivity index is 1.69. The number of rotatable bonds is 7. The van der Waals surface area contributed by atoms with Crippen molar-refractivity contribution in [3.8, 4) is 5.75 Å². The second-order valence-corrected chi connectivity index (χ2v) is 6.77. The zero-order valence-electron chi connectivity index (χ0n) is 14.5. The normalized spacial score (nSPS) is 16.1. The van der Waals surface area contributed by atoms with E-state index >= 15 is 0 Å². The Labute approximate surface area is 153 Å². The van der Waals surface area contributed by atoms with Crippen molar-refractivity contribution in [1.82, 2.24) is 10.2 Å². The highest BCUT2D eigenvalue weighted by Gasteiger charge is 2.23. The van der Waals surface area contributed by atoms with Crippen LogP contribution in [0.4, 0.5) is 4.39 Å². The lowest BCUT2D eigenvalue weighted by Crippen LogP contribution is -2.34. The highest BCUT2D eigenvalue weighted by atomic mass is 35.5. The van der Waals surface area contributed by atoms with Crippen LogP contribution in [0.15, 0.2) is 42.5 Å². The third kappa shape index (κ3) is 4.51. The van der Waals surface area contributed by atoms with Gasteiger partial charge in [-0.25, -0.2) is 4.39 Å². The van der Waals surface area contributed by atoms with Gasteiger partial charge in [0.05, 0.1) is 7.11 Å². The molecule has 1 aliphatic heterocycles. The summed E-state index contributed by atoms with van der Waals surface area (Å²) in [5.74, 6) is 0.595. The third-order valence-corrected chi connectivity index (χ3v) is 5.14. The molecule has 134 valence electrons. The molecule has 1 N–H and O–H groups in total. The van der Waals surface area contributed by atoms with Gasteiger partial charge >= 0.3 is 0 Å². The molecule has 1 fully saturated rings. The molecule has 0 aromatic heterocycles. The number of nitrogens with zero attached hydrogens (tertiary/aromatic N) is 1. The van der Waals surface area contributed by atoms with Gasteiger partial charge in [0.15, 0.2) is 0 Å². The van der Waals surface area contributed by atoms with Crippen molar-refractivity contribution >= 4 is 11.6 Å². The Kier molecular flexibility index (Phi) is 6.29. The van der Waals surface area contributed by atoms with Crippen LogP contribution in [0.1, 0.15) is 30.0 Å². The Hall–Kier alpha value is -1.62. The predicted octanol–water partition coefficient (Wildman–Crippen LogP) is 4.41. The van der Waals surface area contributed by atoms with Gasteiger partial charge in [-0.15, -0.1) is 0 Å². The molecule has 3 rings (SSSR count). The van der Waals surface area contributed by atoms with E-state index in [4.69, 9.17) is 16.3 Å². The van der Waals surface area contributed by atoms with Crippen LogP contribution < -0.4 is 10.1 Å². The second-order valence-electron chi connectivity index (χ2n) is 6.36. The lowest BCUT2D eigenvalue weighted by atomic mass is 10.0. The van der Waals surface area contributed by atoms with E-state index in [-0.39, 0.29) is 11.9 Å². The van der Waals surface area contributed by atoms with Crippen molar-refractivity contribution in [1.29, 1.82) is 0 Å². The van der Waals surface area contributed by atoms with Crippen molar-refractivity contribution in [3.05, 3.63) is 64.4 Å². The number of benzene rings is 2. The molecule has 0 spiro atoms. The first-order valence-electron chi connectivity index (χ1n) is 8.70. The van der Waals surface area contributed by atoms with Gasteiger partial charge in [0.1, 0.15) is 11.6 Å². The number of ether oxygens (including phenoxy) is 1. The molecular formula is C20H24ClFN2O. The average Bonchev–Trinajstić information content (AvgIpc) is 3.15. The smallest absolute Gasteiger partial charge is 0.129 e. The number of hydrogen-bond donors (Lipinski definition) is 1. The van der Waals surface area contributed by atoms with Crippen molar-refractivity contribution < 1.29 is 9.13 Å². The first-order valence-corrected chi connectivity index (χ1v) is 9.08. The molecule has 1 heterocycles. The number of halogens is 2. The van der Waals surface area contributed by atoms with Gasteiger partial charge in [0, 0.05) is 29.7 Å². The van der Waals surface area contributed by atoms with E-state index in [1.165, 1.54) is 24.5 Å². The van der Waals surface area contributed by atoms with Crippen LogP contribution in [0.25, 0.3) is 0 Å². The van der Waals surface area contributed by atoms with E-state index in [0.29, 0.717) is 17.1 Å². The summed E-state index contributed by atoms with van der Waals surface area (Å²) in [4.78, 5) is 2.48. The standard InChI is InChI=1S/C20H24ClFN2O/c1-25-16-9-7-15(8-10-16)20(24-11-2-3-12-24)14-23-13-17-18(21)5-4-6-19(17)22/h4-10,20,23H,2-3,11-14H2,1H3/t20-/m1/s1. The number of likely N-dealkylation sites (tertiary alicyclic amines) is 1. The minimum absolute atomic E-state index is 0.262. The molecule has 5 heteroatoms. The Bertz CT molecular complexity index is 666.